The van der Waals surface area contributed by atoms with E-state index in [-0.39, 0.29) is 17.6 Å². The van der Waals surface area contributed by atoms with Crippen molar-refractivity contribution in [2.24, 2.45) is 5.92 Å². The van der Waals surface area contributed by atoms with Crippen molar-refractivity contribution in [3.63, 3.8) is 0 Å². The van der Waals surface area contributed by atoms with Crippen LogP contribution in [0.15, 0.2) is 28.6 Å². The average molecular weight is 455 g/mol. The van der Waals surface area contributed by atoms with Gasteiger partial charge in [0.1, 0.15) is 0 Å². The molecular formula is C19H26N4O3S3. The van der Waals surface area contributed by atoms with Gasteiger partial charge >= 0.3 is 0 Å². The number of nitrogens with zero attached hydrogens (tertiary/aromatic N) is 3. The minimum atomic E-state index is -3.39. The molecule has 1 amide bonds. The molecule has 0 saturated carbocycles. The predicted molar refractivity (Wildman–Crippen MR) is 118 cm³/mol. The largest absolute Gasteiger partial charge is 0.300 e. The van der Waals surface area contributed by atoms with Gasteiger partial charge in [0.05, 0.1) is 5.75 Å². The van der Waals surface area contributed by atoms with Gasteiger partial charge in [0, 0.05) is 24.8 Å². The molecule has 1 aromatic heterocycles. The standard InChI is InChI=1S/C19H26N4O3S3/c1-3-12-27-19-22-21-18(28-19)20-17(24)15-8-10-23(11-9-15)29(25,26)13-16-7-5-4-6-14(16)2/h4-7,15H,3,8-13H2,1-2H3,(H,20,21,24). The van der Waals surface area contributed by atoms with Crippen LogP contribution in [0.25, 0.3) is 0 Å². The molecule has 1 aliphatic rings. The molecule has 3 rings (SSSR count). The fraction of sp³-hybridized carbons (Fsp3) is 0.526. The summed E-state index contributed by atoms with van der Waals surface area (Å²) in [6, 6.07) is 7.52. The molecule has 0 unspecified atom stereocenters. The number of aryl methyl sites for hydroxylation is 1. The monoisotopic (exact) mass is 454 g/mol. The van der Waals surface area contributed by atoms with Crippen LogP contribution in [0.1, 0.15) is 37.3 Å². The molecule has 0 spiro atoms. The zero-order chi connectivity index (χ0) is 20.9. The topological polar surface area (TPSA) is 92.3 Å². The van der Waals surface area contributed by atoms with E-state index in [9.17, 15) is 13.2 Å². The normalized spacial score (nSPS) is 16.1. The Balaban J connectivity index is 1.52. The Morgan fingerprint density at radius 1 is 1.28 bits per heavy atom. The van der Waals surface area contributed by atoms with Crippen LogP contribution in [-0.4, -0.2) is 47.7 Å². The quantitative estimate of drug-likeness (QED) is 0.485. The van der Waals surface area contributed by atoms with Gasteiger partial charge in [-0.15, -0.1) is 10.2 Å². The van der Waals surface area contributed by atoms with Crippen LogP contribution in [0, 0.1) is 12.8 Å². The Morgan fingerprint density at radius 3 is 2.69 bits per heavy atom. The molecule has 2 aromatic rings. The van der Waals surface area contributed by atoms with Crippen LogP contribution in [-0.2, 0) is 20.6 Å². The molecule has 10 heteroatoms. The maximum Gasteiger partial charge on any atom is 0.229 e. The number of benzene rings is 1. The number of nitrogens with one attached hydrogen (secondary N) is 1. The zero-order valence-electron chi connectivity index (χ0n) is 16.6. The summed E-state index contributed by atoms with van der Waals surface area (Å²) < 4.78 is 27.9. The molecule has 1 N–H and O–H groups in total. The second-order valence-corrected chi connectivity index (χ2v) is 11.4. The van der Waals surface area contributed by atoms with E-state index in [0.29, 0.717) is 31.1 Å². The predicted octanol–water partition coefficient (Wildman–Crippen LogP) is 3.53. The molecule has 1 fully saturated rings. The van der Waals surface area contributed by atoms with Gasteiger partial charge in [-0.1, -0.05) is 54.3 Å². The highest BCUT2D eigenvalue weighted by atomic mass is 32.2. The number of anilines is 1. The lowest BCUT2D eigenvalue weighted by atomic mass is 9.97. The van der Waals surface area contributed by atoms with Crippen LogP contribution in [0.2, 0.25) is 0 Å². The molecular weight excluding hydrogens is 428 g/mol. The van der Waals surface area contributed by atoms with Crippen LogP contribution < -0.4 is 5.32 Å². The lowest BCUT2D eigenvalue weighted by Crippen LogP contribution is -2.41. The van der Waals surface area contributed by atoms with Crippen molar-refractivity contribution in [2.45, 2.75) is 43.2 Å². The SMILES string of the molecule is CCCSc1nnc(NC(=O)C2CCN(S(=O)(=O)Cc3ccccc3C)CC2)s1. The smallest absolute Gasteiger partial charge is 0.229 e. The number of carbonyl (C=O) groups excluding carboxylic acids is 1. The summed E-state index contributed by atoms with van der Waals surface area (Å²) in [6.07, 6.45) is 2.07. The summed E-state index contributed by atoms with van der Waals surface area (Å²) >= 11 is 3.00. The van der Waals surface area contributed by atoms with E-state index in [1.165, 1.54) is 15.6 Å². The van der Waals surface area contributed by atoms with E-state index >= 15 is 0 Å². The van der Waals surface area contributed by atoms with Crippen molar-refractivity contribution in [3.05, 3.63) is 35.4 Å². The van der Waals surface area contributed by atoms with Crippen LogP contribution in [0.3, 0.4) is 0 Å². The first-order chi connectivity index (χ1) is 13.9. The van der Waals surface area contributed by atoms with E-state index in [0.717, 1.165) is 27.6 Å². The maximum atomic E-state index is 12.8. The second-order valence-electron chi connectivity index (χ2n) is 7.07. The number of carbonyl (C=O) groups is 1. The van der Waals surface area contributed by atoms with Gasteiger partial charge in [0.2, 0.25) is 21.1 Å². The highest BCUT2D eigenvalue weighted by molar-refractivity contribution is 8.01. The Bertz CT molecular complexity index is 938. The Labute approximate surface area is 180 Å². The highest BCUT2D eigenvalue weighted by Crippen LogP contribution is 2.28. The number of rotatable bonds is 8. The summed E-state index contributed by atoms with van der Waals surface area (Å²) in [4.78, 5) is 12.5. The second kappa shape index (κ2) is 10.0. The minimum absolute atomic E-state index is 0.000472. The fourth-order valence-electron chi connectivity index (χ4n) is 3.17. The first kappa shape index (κ1) is 22.2. The molecule has 2 heterocycles. The number of hydrogen-bond donors (Lipinski definition) is 1. The summed E-state index contributed by atoms with van der Waals surface area (Å²) in [5.41, 5.74) is 1.79. The lowest BCUT2D eigenvalue weighted by Gasteiger charge is -2.30. The van der Waals surface area contributed by atoms with Gasteiger partial charge < -0.3 is 5.32 Å². The van der Waals surface area contributed by atoms with Crippen molar-refractivity contribution in [2.75, 3.05) is 24.2 Å². The number of piperidine rings is 1. The van der Waals surface area contributed by atoms with Crippen LogP contribution in [0.4, 0.5) is 5.13 Å². The zero-order valence-corrected chi connectivity index (χ0v) is 19.1. The highest BCUT2D eigenvalue weighted by Gasteiger charge is 2.31. The third-order valence-corrected chi connectivity index (χ3v) is 8.89. The third kappa shape index (κ3) is 6.00. The fourth-order valence-corrected chi connectivity index (χ4v) is 6.52. The third-order valence-electron chi connectivity index (χ3n) is 4.88. The first-order valence-corrected chi connectivity index (χ1v) is 13.1. The lowest BCUT2D eigenvalue weighted by molar-refractivity contribution is -0.120. The molecule has 29 heavy (non-hydrogen) atoms. The molecule has 1 saturated heterocycles. The van der Waals surface area contributed by atoms with Gasteiger partial charge in [-0.2, -0.15) is 0 Å². The van der Waals surface area contributed by atoms with Gasteiger partial charge in [-0.05, 0) is 37.3 Å². The van der Waals surface area contributed by atoms with Gasteiger partial charge in [-0.25, -0.2) is 12.7 Å². The maximum absolute atomic E-state index is 12.8. The molecule has 0 atom stereocenters. The Hall–Kier alpha value is -1.49. The number of aromatic nitrogens is 2. The van der Waals surface area contributed by atoms with Crippen molar-refractivity contribution < 1.29 is 13.2 Å². The molecule has 7 nitrogen and oxygen atoms in total. The van der Waals surface area contributed by atoms with Crippen molar-refractivity contribution in [3.8, 4) is 0 Å². The summed E-state index contributed by atoms with van der Waals surface area (Å²) in [7, 11) is -3.39. The summed E-state index contributed by atoms with van der Waals surface area (Å²) in [6.45, 7) is 4.74. The van der Waals surface area contributed by atoms with Crippen LogP contribution in [0.5, 0.6) is 0 Å². The van der Waals surface area contributed by atoms with E-state index < -0.39 is 10.0 Å². The molecule has 158 valence electrons. The number of thioether (sulfide) groups is 1. The summed E-state index contributed by atoms with van der Waals surface area (Å²) in [5, 5.41) is 11.4. The van der Waals surface area contributed by atoms with Crippen LogP contribution >= 0.6 is 23.1 Å². The molecule has 1 aromatic carbocycles. The number of hydrogen-bond acceptors (Lipinski definition) is 7. The number of amides is 1. The van der Waals surface area contributed by atoms with Crippen molar-refractivity contribution in [1.82, 2.24) is 14.5 Å². The molecule has 0 radical (unpaired) electrons. The van der Waals surface area contributed by atoms with E-state index in [1.54, 1.807) is 11.8 Å². The van der Waals surface area contributed by atoms with Gasteiger partial charge in [-0.3, -0.25) is 4.79 Å². The molecule has 1 aliphatic heterocycles. The van der Waals surface area contributed by atoms with Crippen molar-refractivity contribution >= 4 is 44.2 Å². The molecule has 0 aliphatic carbocycles. The number of sulfonamides is 1. The summed E-state index contributed by atoms with van der Waals surface area (Å²) in [5.74, 6) is 0.650. The van der Waals surface area contributed by atoms with Gasteiger partial charge in [0.25, 0.3) is 0 Å². The van der Waals surface area contributed by atoms with E-state index in [2.05, 4.69) is 22.4 Å². The first-order valence-electron chi connectivity index (χ1n) is 9.68. The molecule has 0 bridgehead atoms. The Morgan fingerprint density at radius 2 is 2.00 bits per heavy atom. The van der Waals surface area contributed by atoms with E-state index in [1.807, 2.05) is 31.2 Å². The minimum Gasteiger partial charge on any atom is -0.300 e. The van der Waals surface area contributed by atoms with Crippen molar-refractivity contribution in [1.29, 1.82) is 0 Å². The average Bonchev–Trinajstić information content (AvgIpc) is 3.15. The Kier molecular flexibility index (Phi) is 7.66. The van der Waals surface area contributed by atoms with E-state index in [4.69, 9.17) is 0 Å². The van der Waals surface area contributed by atoms with Gasteiger partial charge in [0.15, 0.2) is 4.34 Å².